The van der Waals surface area contributed by atoms with Gasteiger partial charge in [0.25, 0.3) is 0 Å². The highest BCUT2D eigenvalue weighted by Crippen LogP contribution is 2.31. The molecule has 0 heterocycles. The fraction of sp³-hybridized carbons (Fsp3) is 0.600. The molecule has 0 amide bonds. The fourth-order valence-corrected chi connectivity index (χ4v) is 2.88. The lowest BCUT2D eigenvalue weighted by atomic mass is 9.91. The Morgan fingerprint density at radius 3 is 2.56 bits per heavy atom. The minimum absolute atomic E-state index is 0.165. The summed E-state index contributed by atoms with van der Waals surface area (Å²) >= 11 is 0. The first-order valence-electron chi connectivity index (χ1n) is 6.79. The van der Waals surface area contributed by atoms with Crippen molar-refractivity contribution in [3.63, 3.8) is 0 Å². The molecule has 2 rings (SSSR count). The van der Waals surface area contributed by atoms with Crippen molar-refractivity contribution < 1.29 is 10.2 Å². The number of hydrogen-bond donors (Lipinski definition) is 2. The summed E-state index contributed by atoms with van der Waals surface area (Å²) in [5.74, 6) is 0. The third-order valence-corrected chi connectivity index (χ3v) is 3.96. The number of hydrogen-bond acceptors (Lipinski definition) is 3. The molecule has 0 spiro atoms. The SMILES string of the molecule is C[C@H](O)c1ccccc1N(C)C1CCCCC1O. The molecule has 0 saturated heterocycles. The molecule has 1 saturated carbocycles. The minimum atomic E-state index is -0.482. The maximum atomic E-state index is 10.1. The molecule has 3 atom stereocenters. The lowest BCUT2D eigenvalue weighted by Gasteiger charge is -2.37. The van der Waals surface area contributed by atoms with E-state index in [1.165, 1.54) is 6.42 Å². The number of nitrogens with zero attached hydrogens (tertiary/aromatic N) is 1. The molecule has 0 bridgehead atoms. The molecule has 3 nitrogen and oxygen atoms in total. The quantitative estimate of drug-likeness (QED) is 0.865. The highest BCUT2D eigenvalue weighted by Gasteiger charge is 2.28. The average Bonchev–Trinajstić information content (AvgIpc) is 2.38. The normalized spacial score (nSPS) is 25.8. The van der Waals surface area contributed by atoms with Gasteiger partial charge in [0.05, 0.1) is 18.2 Å². The van der Waals surface area contributed by atoms with Crippen LogP contribution >= 0.6 is 0 Å². The van der Waals surface area contributed by atoms with Gasteiger partial charge in [0.15, 0.2) is 0 Å². The van der Waals surface area contributed by atoms with Gasteiger partial charge in [0.2, 0.25) is 0 Å². The number of anilines is 1. The van der Waals surface area contributed by atoms with E-state index >= 15 is 0 Å². The summed E-state index contributed by atoms with van der Waals surface area (Å²) in [4.78, 5) is 2.13. The topological polar surface area (TPSA) is 43.7 Å². The van der Waals surface area contributed by atoms with Crippen molar-refractivity contribution in [2.75, 3.05) is 11.9 Å². The molecule has 100 valence electrons. The van der Waals surface area contributed by atoms with Gasteiger partial charge in [-0.05, 0) is 25.8 Å². The molecule has 1 fully saturated rings. The molecule has 18 heavy (non-hydrogen) atoms. The summed E-state index contributed by atoms with van der Waals surface area (Å²) in [7, 11) is 2.01. The second kappa shape index (κ2) is 5.72. The van der Waals surface area contributed by atoms with E-state index < -0.39 is 6.10 Å². The predicted octanol–water partition coefficient (Wildman–Crippen LogP) is 2.48. The van der Waals surface area contributed by atoms with E-state index in [4.69, 9.17) is 0 Å². The Morgan fingerprint density at radius 1 is 1.22 bits per heavy atom. The smallest absolute Gasteiger partial charge is 0.0781 e. The van der Waals surface area contributed by atoms with Gasteiger partial charge in [0, 0.05) is 18.3 Å². The van der Waals surface area contributed by atoms with E-state index in [1.54, 1.807) is 6.92 Å². The molecule has 3 heteroatoms. The summed E-state index contributed by atoms with van der Waals surface area (Å²) in [6, 6.07) is 8.05. The average molecular weight is 249 g/mol. The lowest BCUT2D eigenvalue weighted by molar-refractivity contribution is 0.106. The zero-order valence-electron chi connectivity index (χ0n) is 11.2. The second-order valence-electron chi connectivity index (χ2n) is 5.26. The summed E-state index contributed by atoms with van der Waals surface area (Å²) in [5, 5.41) is 20.0. The van der Waals surface area contributed by atoms with Crippen molar-refractivity contribution in [1.29, 1.82) is 0 Å². The summed E-state index contributed by atoms with van der Waals surface area (Å²) in [6.07, 6.45) is 3.44. The fourth-order valence-electron chi connectivity index (χ4n) is 2.88. The Bertz CT molecular complexity index is 392. The van der Waals surface area contributed by atoms with Crippen molar-refractivity contribution >= 4 is 5.69 Å². The summed E-state index contributed by atoms with van der Waals surface area (Å²) in [6.45, 7) is 1.78. The van der Waals surface area contributed by atoms with Crippen LogP contribution in [0.5, 0.6) is 0 Å². The van der Waals surface area contributed by atoms with Crippen LogP contribution in [0.3, 0.4) is 0 Å². The first-order chi connectivity index (χ1) is 8.61. The van der Waals surface area contributed by atoms with Gasteiger partial charge >= 0.3 is 0 Å². The summed E-state index contributed by atoms with van der Waals surface area (Å²) < 4.78 is 0. The van der Waals surface area contributed by atoms with E-state index in [1.807, 2.05) is 31.3 Å². The standard InChI is InChI=1S/C15H23NO2/c1-11(17)12-7-3-4-8-13(12)16(2)14-9-5-6-10-15(14)18/h3-4,7-8,11,14-15,17-18H,5-6,9-10H2,1-2H3/t11-,14?,15?/m0/s1. The predicted molar refractivity (Wildman–Crippen MR) is 73.7 cm³/mol. The Morgan fingerprint density at radius 2 is 1.89 bits per heavy atom. The van der Waals surface area contributed by atoms with Crippen molar-refractivity contribution in [3.8, 4) is 0 Å². The number of aliphatic hydroxyl groups excluding tert-OH is 2. The van der Waals surface area contributed by atoms with Crippen LogP contribution in [-0.4, -0.2) is 29.4 Å². The number of para-hydroxylation sites is 1. The van der Waals surface area contributed by atoms with Gasteiger partial charge in [-0.2, -0.15) is 0 Å². The molecule has 0 radical (unpaired) electrons. The van der Waals surface area contributed by atoms with Gasteiger partial charge in [-0.25, -0.2) is 0 Å². The molecule has 1 aromatic carbocycles. The number of likely N-dealkylation sites (N-methyl/N-ethyl adjacent to an activating group) is 1. The van der Waals surface area contributed by atoms with Crippen LogP contribution in [-0.2, 0) is 0 Å². The zero-order chi connectivity index (χ0) is 13.1. The highest BCUT2D eigenvalue weighted by molar-refractivity contribution is 5.55. The van der Waals surface area contributed by atoms with Crippen molar-refractivity contribution in [2.45, 2.75) is 50.9 Å². The van der Waals surface area contributed by atoms with Crippen molar-refractivity contribution in [3.05, 3.63) is 29.8 Å². The summed E-state index contributed by atoms with van der Waals surface area (Å²) in [5.41, 5.74) is 1.95. The van der Waals surface area contributed by atoms with Crippen LogP contribution in [0.25, 0.3) is 0 Å². The van der Waals surface area contributed by atoms with Crippen molar-refractivity contribution in [1.82, 2.24) is 0 Å². The van der Waals surface area contributed by atoms with E-state index in [9.17, 15) is 10.2 Å². The van der Waals surface area contributed by atoms with Crippen LogP contribution in [0.1, 0.15) is 44.3 Å². The molecule has 0 aromatic heterocycles. The Hall–Kier alpha value is -1.06. The third kappa shape index (κ3) is 2.68. The molecule has 2 unspecified atom stereocenters. The first kappa shape index (κ1) is 13.4. The Labute approximate surface area is 109 Å². The molecule has 2 N–H and O–H groups in total. The molecular formula is C15H23NO2. The first-order valence-corrected chi connectivity index (χ1v) is 6.79. The number of aliphatic hydroxyl groups is 2. The minimum Gasteiger partial charge on any atom is -0.391 e. The van der Waals surface area contributed by atoms with Gasteiger partial charge in [-0.3, -0.25) is 0 Å². The van der Waals surface area contributed by atoms with Crippen LogP contribution in [0.4, 0.5) is 5.69 Å². The third-order valence-electron chi connectivity index (χ3n) is 3.96. The van der Waals surface area contributed by atoms with E-state index in [2.05, 4.69) is 4.90 Å². The largest absolute Gasteiger partial charge is 0.391 e. The van der Waals surface area contributed by atoms with E-state index in [0.29, 0.717) is 0 Å². The zero-order valence-corrected chi connectivity index (χ0v) is 11.2. The van der Waals surface area contributed by atoms with Crippen LogP contribution in [0, 0.1) is 0 Å². The van der Waals surface area contributed by atoms with Crippen LogP contribution in [0.15, 0.2) is 24.3 Å². The molecule has 0 aliphatic heterocycles. The lowest BCUT2D eigenvalue weighted by Crippen LogP contribution is -2.43. The van der Waals surface area contributed by atoms with Gasteiger partial charge in [-0.15, -0.1) is 0 Å². The second-order valence-corrected chi connectivity index (χ2v) is 5.26. The number of rotatable bonds is 3. The van der Waals surface area contributed by atoms with Crippen LogP contribution < -0.4 is 4.90 Å². The van der Waals surface area contributed by atoms with Gasteiger partial charge in [-0.1, -0.05) is 31.0 Å². The number of benzene rings is 1. The molecule has 1 aliphatic carbocycles. The maximum Gasteiger partial charge on any atom is 0.0781 e. The van der Waals surface area contributed by atoms with Crippen LogP contribution in [0.2, 0.25) is 0 Å². The van der Waals surface area contributed by atoms with Gasteiger partial charge in [0.1, 0.15) is 0 Å². The maximum absolute atomic E-state index is 10.1. The Balaban J connectivity index is 2.24. The van der Waals surface area contributed by atoms with E-state index in [-0.39, 0.29) is 12.1 Å². The molecular weight excluding hydrogens is 226 g/mol. The monoisotopic (exact) mass is 249 g/mol. The van der Waals surface area contributed by atoms with Crippen molar-refractivity contribution in [2.24, 2.45) is 0 Å². The van der Waals surface area contributed by atoms with E-state index in [0.717, 1.165) is 30.5 Å². The molecule has 1 aromatic rings. The highest BCUT2D eigenvalue weighted by atomic mass is 16.3. The molecule has 1 aliphatic rings. The Kier molecular flexibility index (Phi) is 4.25. The van der Waals surface area contributed by atoms with Gasteiger partial charge < -0.3 is 15.1 Å².